The van der Waals surface area contributed by atoms with Crippen LogP contribution in [0.15, 0.2) is 197 Å². The molecule has 1 unspecified atom stereocenters. The Morgan fingerprint density at radius 2 is 0.950 bits per heavy atom. The van der Waals surface area contributed by atoms with Gasteiger partial charge in [-0.15, -0.1) is 0 Å². The standard InChI is InChI=1S/C55H35N3O2/c1-3-13-34(14-4-1)40-31-41(35-15-5-2-6-16-35)33-42(32-40)54-56-53(57-55(58-54)46-20-12-24-50-52(46)45-18-8-10-22-48(45)60-50)39-28-26-36-29-38(27-25-37(36)30-39)43-19-11-23-49-51(43)44-17-7-9-21-47(44)59-49/h1-29,31-33,39H,30H2. The van der Waals surface area contributed by atoms with Crippen molar-refractivity contribution in [1.29, 1.82) is 0 Å². The number of aromatic nitrogens is 3. The molecule has 0 spiro atoms. The number of fused-ring (bicyclic) bond motifs is 7. The normalized spacial score (nSPS) is 13.7. The third kappa shape index (κ3) is 5.82. The first-order valence-electron chi connectivity index (χ1n) is 20.3. The Bertz CT molecular complexity index is 3410. The van der Waals surface area contributed by atoms with Crippen molar-refractivity contribution >= 4 is 50.0 Å². The summed E-state index contributed by atoms with van der Waals surface area (Å²) < 4.78 is 12.6. The summed E-state index contributed by atoms with van der Waals surface area (Å²) >= 11 is 0. The van der Waals surface area contributed by atoms with Crippen molar-refractivity contribution < 1.29 is 8.83 Å². The lowest BCUT2D eigenvalue weighted by atomic mass is 9.86. The van der Waals surface area contributed by atoms with Crippen LogP contribution in [0.4, 0.5) is 0 Å². The molecule has 8 aromatic carbocycles. The summed E-state index contributed by atoms with van der Waals surface area (Å²) in [6.45, 7) is 0. The first-order valence-corrected chi connectivity index (χ1v) is 20.3. The number of hydrogen-bond acceptors (Lipinski definition) is 5. The van der Waals surface area contributed by atoms with Crippen molar-refractivity contribution in [3.05, 3.63) is 205 Å². The van der Waals surface area contributed by atoms with E-state index in [1.54, 1.807) is 0 Å². The molecule has 3 heterocycles. The van der Waals surface area contributed by atoms with E-state index in [-0.39, 0.29) is 5.92 Å². The van der Waals surface area contributed by atoms with Crippen LogP contribution in [0.2, 0.25) is 0 Å². The number of rotatable bonds is 6. The third-order valence-electron chi connectivity index (χ3n) is 11.8. The van der Waals surface area contributed by atoms with Gasteiger partial charge in [-0.25, -0.2) is 15.0 Å². The zero-order valence-electron chi connectivity index (χ0n) is 32.4. The number of allylic oxidation sites excluding steroid dienone is 1. The Kier molecular flexibility index (Phi) is 7.91. The zero-order valence-corrected chi connectivity index (χ0v) is 32.4. The molecule has 11 aromatic rings. The molecule has 1 atom stereocenters. The molecule has 0 radical (unpaired) electrons. The van der Waals surface area contributed by atoms with Gasteiger partial charge in [0.15, 0.2) is 11.6 Å². The van der Waals surface area contributed by atoms with Gasteiger partial charge in [0.25, 0.3) is 0 Å². The molecule has 0 fully saturated rings. The molecule has 3 aromatic heterocycles. The van der Waals surface area contributed by atoms with Crippen LogP contribution in [0.3, 0.4) is 0 Å². The largest absolute Gasteiger partial charge is 0.456 e. The van der Waals surface area contributed by atoms with E-state index in [1.165, 1.54) is 11.1 Å². The van der Waals surface area contributed by atoms with Crippen LogP contribution in [0.1, 0.15) is 22.9 Å². The van der Waals surface area contributed by atoms with Gasteiger partial charge >= 0.3 is 0 Å². The zero-order chi connectivity index (χ0) is 39.6. The highest BCUT2D eigenvalue weighted by atomic mass is 16.3. The molecule has 5 nitrogen and oxygen atoms in total. The quantitative estimate of drug-likeness (QED) is 0.168. The molecular formula is C55H35N3O2. The minimum Gasteiger partial charge on any atom is -0.456 e. The lowest BCUT2D eigenvalue weighted by Crippen LogP contribution is -2.12. The van der Waals surface area contributed by atoms with Crippen molar-refractivity contribution in [2.75, 3.05) is 0 Å². The van der Waals surface area contributed by atoms with Crippen molar-refractivity contribution in [2.45, 2.75) is 12.3 Å². The molecule has 1 aliphatic carbocycles. The van der Waals surface area contributed by atoms with Crippen LogP contribution in [-0.4, -0.2) is 15.0 Å². The second kappa shape index (κ2) is 13.9. The predicted molar refractivity (Wildman–Crippen MR) is 243 cm³/mol. The average Bonchev–Trinajstić information content (AvgIpc) is 3.90. The maximum absolute atomic E-state index is 6.34. The van der Waals surface area contributed by atoms with Crippen molar-refractivity contribution in [1.82, 2.24) is 15.0 Å². The molecule has 0 aliphatic heterocycles. The van der Waals surface area contributed by atoms with E-state index in [1.807, 2.05) is 42.5 Å². The van der Waals surface area contributed by atoms with Gasteiger partial charge in [-0.1, -0.05) is 146 Å². The van der Waals surface area contributed by atoms with Crippen molar-refractivity contribution in [2.24, 2.45) is 0 Å². The topological polar surface area (TPSA) is 65.0 Å². The van der Waals surface area contributed by atoms with E-state index in [0.717, 1.165) is 101 Å². The first-order chi connectivity index (χ1) is 29.7. The van der Waals surface area contributed by atoms with Crippen molar-refractivity contribution in [3.63, 3.8) is 0 Å². The molecule has 5 heteroatoms. The van der Waals surface area contributed by atoms with Crippen LogP contribution >= 0.6 is 0 Å². The summed E-state index contributed by atoms with van der Waals surface area (Å²) in [6, 6.07) is 63.4. The highest BCUT2D eigenvalue weighted by Crippen LogP contribution is 2.41. The van der Waals surface area contributed by atoms with Crippen LogP contribution in [0.5, 0.6) is 0 Å². The molecule has 60 heavy (non-hydrogen) atoms. The van der Waals surface area contributed by atoms with Gasteiger partial charge in [0.05, 0.1) is 0 Å². The molecule has 282 valence electrons. The summed E-state index contributed by atoms with van der Waals surface area (Å²) in [7, 11) is 0. The highest BCUT2D eigenvalue weighted by molar-refractivity contribution is 6.13. The van der Waals surface area contributed by atoms with E-state index in [9.17, 15) is 0 Å². The van der Waals surface area contributed by atoms with E-state index in [0.29, 0.717) is 11.6 Å². The third-order valence-corrected chi connectivity index (χ3v) is 11.8. The monoisotopic (exact) mass is 769 g/mol. The SMILES string of the molecule is C1=CC(c2nc(-c3cc(-c4ccccc4)cc(-c4ccccc4)c3)nc(-c3cccc4oc5ccccc5c34)n2)Cc2ccc(-c3cccc4oc5ccccc5c34)cc21. The fraction of sp³-hybridized carbons (Fsp3) is 0.0364. The smallest absolute Gasteiger partial charge is 0.164 e. The van der Waals surface area contributed by atoms with Crippen molar-refractivity contribution in [3.8, 4) is 56.2 Å². The van der Waals surface area contributed by atoms with E-state index in [2.05, 4.69) is 152 Å². The van der Waals surface area contributed by atoms with Crippen LogP contribution in [0.25, 0.3) is 106 Å². The van der Waals surface area contributed by atoms with E-state index < -0.39 is 0 Å². The molecule has 1 aliphatic rings. The second-order valence-corrected chi connectivity index (χ2v) is 15.5. The Labute approximate surface area is 346 Å². The number of furan rings is 2. The lowest BCUT2D eigenvalue weighted by Gasteiger charge is -2.20. The maximum Gasteiger partial charge on any atom is 0.164 e. The lowest BCUT2D eigenvalue weighted by molar-refractivity contribution is 0.668. The maximum atomic E-state index is 6.34. The highest BCUT2D eigenvalue weighted by Gasteiger charge is 2.24. The Morgan fingerprint density at radius 3 is 1.62 bits per heavy atom. The number of para-hydroxylation sites is 2. The molecular weight excluding hydrogens is 735 g/mol. The Morgan fingerprint density at radius 1 is 0.400 bits per heavy atom. The van der Waals surface area contributed by atoms with Gasteiger partial charge < -0.3 is 8.83 Å². The average molecular weight is 770 g/mol. The van der Waals surface area contributed by atoms with E-state index >= 15 is 0 Å². The summed E-state index contributed by atoms with van der Waals surface area (Å²) in [5, 5.41) is 4.30. The van der Waals surface area contributed by atoms with Crippen LogP contribution < -0.4 is 0 Å². The molecule has 0 saturated carbocycles. The predicted octanol–water partition coefficient (Wildman–Crippen LogP) is 14.4. The summed E-state index contributed by atoms with van der Waals surface area (Å²) in [5.74, 6) is 1.90. The Balaban J connectivity index is 1.01. The van der Waals surface area contributed by atoms with Gasteiger partial charge in [-0.05, 0) is 99.5 Å². The summed E-state index contributed by atoms with van der Waals surface area (Å²) in [6.07, 6.45) is 5.25. The van der Waals surface area contributed by atoms with Gasteiger partial charge in [0.1, 0.15) is 28.2 Å². The molecule has 0 amide bonds. The minimum absolute atomic E-state index is 0.0729. The molecule has 0 bridgehead atoms. The minimum atomic E-state index is -0.0729. The fourth-order valence-corrected chi connectivity index (χ4v) is 8.94. The number of benzene rings is 8. The van der Waals surface area contributed by atoms with Crippen LogP contribution in [0, 0.1) is 0 Å². The Hall–Kier alpha value is -7.89. The second-order valence-electron chi connectivity index (χ2n) is 15.5. The summed E-state index contributed by atoms with van der Waals surface area (Å²) in [5.41, 5.74) is 14.5. The molecule has 0 saturated heterocycles. The van der Waals surface area contributed by atoms with Gasteiger partial charge in [0.2, 0.25) is 0 Å². The van der Waals surface area contributed by atoms with Crippen LogP contribution in [-0.2, 0) is 6.42 Å². The molecule has 0 N–H and O–H groups in total. The van der Waals surface area contributed by atoms with Gasteiger partial charge in [-0.2, -0.15) is 0 Å². The van der Waals surface area contributed by atoms with E-state index in [4.69, 9.17) is 23.8 Å². The summed E-state index contributed by atoms with van der Waals surface area (Å²) in [4.78, 5) is 16.0. The van der Waals surface area contributed by atoms with Gasteiger partial charge in [-0.3, -0.25) is 0 Å². The number of hydrogen-bond donors (Lipinski definition) is 0. The molecule has 12 rings (SSSR count). The fourth-order valence-electron chi connectivity index (χ4n) is 8.94. The van der Waals surface area contributed by atoms with Gasteiger partial charge in [0, 0.05) is 38.6 Å². The number of nitrogens with zero attached hydrogens (tertiary/aromatic N) is 3. The first kappa shape index (κ1) is 34.2.